The molecule has 1 aromatic carbocycles. The Morgan fingerprint density at radius 2 is 1.58 bits per heavy atom. The fraction of sp³-hybridized carbons (Fsp3) is 0.645. The van der Waals surface area contributed by atoms with Crippen molar-refractivity contribution in [2.75, 3.05) is 6.61 Å². The molecule has 182 valence electrons. The lowest BCUT2D eigenvalue weighted by molar-refractivity contribution is 0.228. The first kappa shape index (κ1) is 25.8. The summed E-state index contributed by atoms with van der Waals surface area (Å²) in [5.74, 6) is 3.70. The van der Waals surface area contributed by atoms with E-state index in [9.17, 15) is 0 Å². The summed E-state index contributed by atoms with van der Waals surface area (Å²) in [4.78, 5) is 4.69. The number of aromatic nitrogens is 1. The number of hydrogen-bond acceptors (Lipinski definition) is 2. The summed E-state index contributed by atoms with van der Waals surface area (Å²) in [5, 5.41) is 0. The topological polar surface area (TPSA) is 22.1 Å². The van der Waals surface area contributed by atoms with Crippen LogP contribution in [0, 0.1) is 17.8 Å². The summed E-state index contributed by atoms with van der Waals surface area (Å²) in [6, 6.07) is 12.8. The van der Waals surface area contributed by atoms with Gasteiger partial charge in [0.2, 0.25) is 0 Å². The van der Waals surface area contributed by atoms with Crippen LogP contribution in [0.3, 0.4) is 0 Å². The van der Waals surface area contributed by atoms with Gasteiger partial charge >= 0.3 is 0 Å². The minimum absolute atomic E-state index is 0.785. The first-order chi connectivity index (χ1) is 16.2. The molecule has 2 nitrogen and oxygen atoms in total. The molecule has 1 heterocycles. The van der Waals surface area contributed by atoms with Crippen LogP contribution in [0.25, 0.3) is 11.3 Å². The van der Waals surface area contributed by atoms with Crippen molar-refractivity contribution in [2.24, 2.45) is 17.8 Å². The summed E-state index contributed by atoms with van der Waals surface area (Å²) >= 11 is 0. The van der Waals surface area contributed by atoms with Gasteiger partial charge in [-0.1, -0.05) is 84.6 Å². The Kier molecular flexibility index (Phi) is 11.3. The van der Waals surface area contributed by atoms with Gasteiger partial charge in [-0.3, -0.25) is 4.98 Å². The largest absolute Gasteiger partial charge is 0.494 e. The van der Waals surface area contributed by atoms with Gasteiger partial charge in [0.25, 0.3) is 0 Å². The molecule has 0 amide bonds. The third kappa shape index (κ3) is 9.14. The van der Waals surface area contributed by atoms with Crippen LogP contribution in [0.5, 0.6) is 5.75 Å². The number of nitrogens with zero attached hydrogens (tertiary/aromatic N) is 1. The average Bonchev–Trinajstić information content (AvgIpc) is 2.87. The Morgan fingerprint density at radius 1 is 0.879 bits per heavy atom. The van der Waals surface area contributed by atoms with E-state index in [2.05, 4.69) is 57.2 Å². The van der Waals surface area contributed by atoms with Crippen LogP contribution in [0.15, 0.2) is 42.6 Å². The second-order valence-corrected chi connectivity index (χ2v) is 10.5. The molecule has 0 unspecified atom stereocenters. The molecule has 0 saturated heterocycles. The van der Waals surface area contributed by atoms with E-state index < -0.39 is 0 Å². The van der Waals surface area contributed by atoms with Crippen molar-refractivity contribution in [3.05, 3.63) is 48.2 Å². The van der Waals surface area contributed by atoms with Gasteiger partial charge in [0.15, 0.2) is 0 Å². The summed E-state index contributed by atoms with van der Waals surface area (Å²) < 4.78 is 6.04. The van der Waals surface area contributed by atoms with Crippen LogP contribution in [0.1, 0.15) is 103 Å². The van der Waals surface area contributed by atoms with E-state index in [1.54, 1.807) is 0 Å². The van der Waals surface area contributed by atoms with Gasteiger partial charge in [-0.2, -0.15) is 0 Å². The highest BCUT2D eigenvalue weighted by molar-refractivity contribution is 5.60. The zero-order valence-electron chi connectivity index (χ0n) is 21.5. The van der Waals surface area contributed by atoms with Crippen LogP contribution < -0.4 is 4.74 Å². The molecule has 0 N–H and O–H groups in total. The van der Waals surface area contributed by atoms with Gasteiger partial charge in [-0.15, -0.1) is 0 Å². The first-order valence-electron chi connectivity index (χ1n) is 13.9. The minimum atomic E-state index is 0.785. The summed E-state index contributed by atoms with van der Waals surface area (Å²) in [7, 11) is 0. The fourth-order valence-corrected chi connectivity index (χ4v) is 5.14. The average molecular weight is 450 g/mol. The van der Waals surface area contributed by atoms with E-state index in [1.165, 1.54) is 82.6 Å². The van der Waals surface area contributed by atoms with Crippen molar-refractivity contribution in [1.29, 1.82) is 0 Å². The van der Waals surface area contributed by atoms with Crippen molar-refractivity contribution >= 4 is 0 Å². The highest BCUT2D eigenvalue weighted by Crippen LogP contribution is 2.34. The lowest BCUT2D eigenvalue weighted by atomic mass is 9.78. The maximum atomic E-state index is 6.04. The Labute approximate surface area is 203 Å². The number of benzene rings is 1. The number of hydrogen-bond donors (Lipinski definition) is 0. The van der Waals surface area contributed by atoms with Crippen molar-refractivity contribution in [3.8, 4) is 17.0 Å². The van der Waals surface area contributed by atoms with Crippen LogP contribution in [-0.2, 0) is 6.42 Å². The predicted octanol–water partition coefficient (Wildman–Crippen LogP) is 9.27. The van der Waals surface area contributed by atoms with Gasteiger partial charge in [-0.25, -0.2) is 0 Å². The smallest absolute Gasteiger partial charge is 0.119 e. The molecule has 0 radical (unpaired) electrons. The van der Waals surface area contributed by atoms with Crippen LogP contribution in [0.4, 0.5) is 0 Å². The molecule has 0 spiro atoms. The van der Waals surface area contributed by atoms with Crippen molar-refractivity contribution < 1.29 is 4.74 Å². The third-order valence-corrected chi connectivity index (χ3v) is 7.81. The maximum absolute atomic E-state index is 6.04. The van der Waals surface area contributed by atoms with E-state index in [0.29, 0.717) is 0 Å². The molecule has 1 fully saturated rings. The fourth-order valence-electron chi connectivity index (χ4n) is 5.14. The lowest BCUT2D eigenvalue weighted by Gasteiger charge is -2.28. The quantitative estimate of drug-likeness (QED) is 0.268. The number of unbranched alkanes of at least 4 members (excludes halogenated alkanes) is 2. The second kappa shape index (κ2) is 14.4. The Balaban J connectivity index is 1.33. The van der Waals surface area contributed by atoms with Crippen molar-refractivity contribution in [2.45, 2.75) is 104 Å². The van der Waals surface area contributed by atoms with E-state index in [1.807, 2.05) is 6.20 Å². The van der Waals surface area contributed by atoms with Crippen molar-refractivity contribution in [1.82, 2.24) is 4.98 Å². The third-order valence-electron chi connectivity index (χ3n) is 7.81. The monoisotopic (exact) mass is 449 g/mol. The first-order valence-corrected chi connectivity index (χ1v) is 13.9. The molecule has 0 aliphatic heterocycles. The molecule has 1 atom stereocenters. The Hall–Kier alpha value is -1.83. The van der Waals surface area contributed by atoms with Gasteiger partial charge in [0.05, 0.1) is 12.3 Å². The van der Waals surface area contributed by atoms with E-state index in [0.717, 1.165) is 47.8 Å². The summed E-state index contributed by atoms with van der Waals surface area (Å²) in [5.41, 5.74) is 3.54. The highest BCUT2D eigenvalue weighted by atomic mass is 16.5. The molecule has 1 saturated carbocycles. The lowest BCUT2D eigenvalue weighted by Crippen LogP contribution is -2.15. The van der Waals surface area contributed by atoms with Crippen LogP contribution in [-0.4, -0.2) is 11.6 Å². The predicted molar refractivity (Wildman–Crippen MR) is 142 cm³/mol. The molecule has 0 bridgehead atoms. The molecular weight excluding hydrogens is 402 g/mol. The Bertz CT molecular complexity index is 759. The van der Waals surface area contributed by atoms with Gasteiger partial charge < -0.3 is 4.74 Å². The van der Waals surface area contributed by atoms with E-state index >= 15 is 0 Å². The molecule has 1 aromatic heterocycles. The minimum Gasteiger partial charge on any atom is -0.494 e. The van der Waals surface area contributed by atoms with E-state index in [4.69, 9.17) is 9.72 Å². The normalized spacial score (nSPS) is 19.4. The second-order valence-electron chi connectivity index (χ2n) is 10.5. The standard InChI is InChI=1S/C31H47NO/c1-4-6-7-9-26-13-15-27(16-14-26)10-8-23-33-30-20-18-29(19-21-30)31-22-17-28(24-32-31)12-11-25(3)5-2/h17-22,24-27H,4-16,23H2,1-3H3/t25-,26-,27-/m0/s1. The molecule has 2 heteroatoms. The highest BCUT2D eigenvalue weighted by Gasteiger charge is 2.20. The molecule has 33 heavy (non-hydrogen) atoms. The maximum Gasteiger partial charge on any atom is 0.119 e. The molecule has 3 rings (SSSR count). The molecule has 1 aliphatic carbocycles. The SMILES string of the molecule is CCCCC[C@H]1CC[C@H](CCCOc2ccc(-c3ccc(CC[C@@H](C)CC)cn3)cc2)CC1. The van der Waals surface area contributed by atoms with Gasteiger partial charge in [-0.05, 0) is 79.3 Å². The number of rotatable bonds is 14. The number of ether oxygens (including phenoxy) is 1. The van der Waals surface area contributed by atoms with Crippen molar-refractivity contribution in [3.63, 3.8) is 0 Å². The zero-order chi connectivity index (χ0) is 23.3. The zero-order valence-corrected chi connectivity index (χ0v) is 21.5. The van der Waals surface area contributed by atoms with Crippen LogP contribution in [0.2, 0.25) is 0 Å². The molecule has 1 aliphatic rings. The van der Waals surface area contributed by atoms with E-state index in [-0.39, 0.29) is 0 Å². The number of pyridine rings is 1. The Morgan fingerprint density at radius 3 is 2.18 bits per heavy atom. The van der Waals surface area contributed by atoms with Crippen LogP contribution >= 0.6 is 0 Å². The molecule has 2 aromatic rings. The number of aryl methyl sites for hydroxylation is 1. The summed E-state index contributed by atoms with van der Waals surface area (Å²) in [6.45, 7) is 7.73. The van der Waals surface area contributed by atoms with Gasteiger partial charge in [0.1, 0.15) is 5.75 Å². The summed E-state index contributed by atoms with van der Waals surface area (Å²) in [6.07, 6.45) is 19.6. The van der Waals surface area contributed by atoms with Gasteiger partial charge in [0, 0.05) is 11.8 Å². The molecular formula is C31H47NO.